The number of ether oxygens (including phenoxy) is 2. The Bertz CT molecular complexity index is 636. The summed E-state index contributed by atoms with van der Waals surface area (Å²) in [5.74, 6) is 0.360. The fourth-order valence-corrected chi connectivity index (χ4v) is 2.73. The summed E-state index contributed by atoms with van der Waals surface area (Å²) in [6, 6.07) is 5.40. The molecule has 20 heavy (non-hydrogen) atoms. The molecule has 0 fully saturated rings. The van der Waals surface area contributed by atoms with Gasteiger partial charge in [0.25, 0.3) is 0 Å². The maximum Gasteiger partial charge on any atom is 0.347 e. The molecular weight excluding hydrogens is 278 g/mol. The molecule has 0 amide bonds. The van der Waals surface area contributed by atoms with Crippen molar-refractivity contribution in [2.24, 2.45) is 0 Å². The van der Waals surface area contributed by atoms with E-state index in [9.17, 15) is 4.79 Å². The zero-order valence-corrected chi connectivity index (χ0v) is 12.3. The molecule has 0 saturated carbocycles. The first-order valence-corrected chi connectivity index (χ1v) is 6.90. The average molecular weight is 293 g/mol. The van der Waals surface area contributed by atoms with Gasteiger partial charge in [0.15, 0.2) is 0 Å². The van der Waals surface area contributed by atoms with Crippen LogP contribution in [-0.2, 0) is 0 Å². The number of benzene rings is 1. The van der Waals surface area contributed by atoms with Gasteiger partial charge in [-0.05, 0) is 26.0 Å². The second-order valence-corrected chi connectivity index (χ2v) is 5.03. The van der Waals surface area contributed by atoms with Crippen LogP contribution in [0, 0.1) is 6.92 Å². The van der Waals surface area contributed by atoms with E-state index in [-0.39, 0.29) is 4.88 Å². The Morgan fingerprint density at radius 2 is 2.20 bits per heavy atom. The van der Waals surface area contributed by atoms with Crippen molar-refractivity contribution in [3.63, 3.8) is 0 Å². The van der Waals surface area contributed by atoms with Gasteiger partial charge in [0.05, 0.1) is 25.0 Å². The molecule has 1 N–H and O–H groups in total. The third-order valence-corrected chi connectivity index (χ3v) is 3.89. The Morgan fingerprint density at radius 1 is 1.45 bits per heavy atom. The Balaban J connectivity index is 2.51. The number of aromatic nitrogens is 1. The second-order valence-electron chi connectivity index (χ2n) is 4.03. The molecule has 2 rings (SSSR count). The molecule has 1 aromatic carbocycles. The van der Waals surface area contributed by atoms with Crippen molar-refractivity contribution in [3.8, 4) is 22.1 Å². The fraction of sp³-hybridized carbons (Fsp3) is 0.286. The van der Waals surface area contributed by atoms with Crippen molar-refractivity contribution >= 4 is 17.3 Å². The van der Waals surface area contributed by atoms with Gasteiger partial charge in [-0.2, -0.15) is 0 Å². The van der Waals surface area contributed by atoms with E-state index >= 15 is 0 Å². The Hall–Kier alpha value is -2.08. The van der Waals surface area contributed by atoms with Crippen LogP contribution >= 0.6 is 11.3 Å². The molecule has 1 aromatic heterocycles. The summed E-state index contributed by atoms with van der Waals surface area (Å²) in [7, 11) is 1.58. The number of nitrogens with zero attached hydrogens (tertiary/aromatic N) is 1. The molecule has 5 nitrogen and oxygen atoms in total. The van der Waals surface area contributed by atoms with Gasteiger partial charge in [-0.25, -0.2) is 9.78 Å². The molecule has 0 saturated heterocycles. The molecule has 0 aliphatic heterocycles. The number of aryl methyl sites for hydroxylation is 1. The van der Waals surface area contributed by atoms with E-state index in [0.717, 1.165) is 16.9 Å². The number of carboxylic acid groups (broad SMARTS) is 1. The van der Waals surface area contributed by atoms with Gasteiger partial charge < -0.3 is 14.6 Å². The molecule has 0 radical (unpaired) electrons. The van der Waals surface area contributed by atoms with E-state index in [2.05, 4.69) is 4.98 Å². The largest absolute Gasteiger partial charge is 0.497 e. The first-order valence-electron chi connectivity index (χ1n) is 6.08. The average Bonchev–Trinajstić information content (AvgIpc) is 2.81. The van der Waals surface area contributed by atoms with Gasteiger partial charge in [-0.15, -0.1) is 11.3 Å². The molecular formula is C14H15NO4S. The van der Waals surface area contributed by atoms with Crippen LogP contribution in [0.3, 0.4) is 0 Å². The van der Waals surface area contributed by atoms with Crippen molar-refractivity contribution in [2.75, 3.05) is 13.7 Å². The number of carboxylic acids is 1. The number of thiazole rings is 1. The highest BCUT2D eigenvalue weighted by Gasteiger charge is 2.18. The maximum atomic E-state index is 11.1. The van der Waals surface area contributed by atoms with Crippen LogP contribution in [0.4, 0.5) is 0 Å². The lowest BCUT2D eigenvalue weighted by atomic mass is 10.2. The number of hydrogen-bond acceptors (Lipinski definition) is 5. The lowest BCUT2D eigenvalue weighted by Crippen LogP contribution is -1.95. The minimum Gasteiger partial charge on any atom is -0.497 e. The molecule has 0 unspecified atom stereocenters. The molecule has 106 valence electrons. The predicted molar refractivity (Wildman–Crippen MR) is 77.0 cm³/mol. The maximum absolute atomic E-state index is 11.1. The zero-order chi connectivity index (χ0) is 14.7. The Morgan fingerprint density at radius 3 is 2.75 bits per heavy atom. The number of aromatic carboxylic acids is 1. The minimum atomic E-state index is -0.960. The van der Waals surface area contributed by atoms with E-state index in [1.54, 1.807) is 26.2 Å². The van der Waals surface area contributed by atoms with Crippen molar-refractivity contribution < 1.29 is 19.4 Å². The summed E-state index contributed by atoms with van der Waals surface area (Å²) in [6.07, 6.45) is 0. The lowest BCUT2D eigenvalue weighted by Gasteiger charge is -2.10. The van der Waals surface area contributed by atoms with Gasteiger partial charge in [0, 0.05) is 6.07 Å². The summed E-state index contributed by atoms with van der Waals surface area (Å²) in [5, 5.41) is 9.73. The molecule has 0 spiro atoms. The normalized spacial score (nSPS) is 10.3. The number of rotatable bonds is 5. The Kier molecular flexibility index (Phi) is 4.24. The quantitative estimate of drug-likeness (QED) is 0.916. The molecule has 2 aromatic rings. The summed E-state index contributed by atoms with van der Waals surface area (Å²) >= 11 is 1.14. The Labute approximate surface area is 120 Å². The molecule has 1 heterocycles. The molecule has 0 aliphatic carbocycles. The molecule has 0 atom stereocenters. The van der Waals surface area contributed by atoms with E-state index in [1.807, 2.05) is 13.0 Å². The molecule has 0 bridgehead atoms. The smallest absolute Gasteiger partial charge is 0.347 e. The monoisotopic (exact) mass is 293 g/mol. The van der Waals surface area contributed by atoms with Crippen LogP contribution in [0.25, 0.3) is 10.6 Å². The minimum absolute atomic E-state index is 0.248. The second kappa shape index (κ2) is 5.92. The molecule has 6 heteroatoms. The highest BCUT2D eigenvalue weighted by molar-refractivity contribution is 7.17. The van der Waals surface area contributed by atoms with Crippen LogP contribution < -0.4 is 9.47 Å². The summed E-state index contributed by atoms with van der Waals surface area (Å²) in [5.41, 5.74) is 1.28. The number of methoxy groups -OCH3 is 1. The highest BCUT2D eigenvalue weighted by Crippen LogP contribution is 2.36. The third-order valence-electron chi connectivity index (χ3n) is 2.71. The van der Waals surface area contributed by atoms with E-state index in [1.165, 1.54) is 0 Å². The fourth-order valence-electron chi connectivity index (χ4n) is 1.79. The van der Waals surface area contributed by atoms with Crippen LogP contribution in [0.5, 0.6) is 11.5 Å². The van der Waals surface area contributed by atoms with Crippen LogP contribution in [0.1, 0.15) is 22.3 Å². The molecule has 0 aliphatic rings. The van der Waals surface area contributed by atoms with Crippen LogP contribution in [-0.4, -0.2) is 29.8 Å². The standard InChI is InChI=1S/C14H15NO4S/c1-4-19-11-7-9(18-3)5-6-10(11)13-15-8(2)12(20-13)14(16)17/h5-7H,4H2,1-3H3,(H,16,17). The van der Waals surface area contributed by atoms with Gasteiger partial charge in [0.2, 0.25) is 0 Å². The van der Waals surface area contributed by atoms with Gasteiger partial charge >= 0.3 is 5.97 Å². The summed E-state index contributed by atoms with van der Waals surface area (Å²) < 4.78 is 10.8. The van der Waals surface area contributed by atoms with E-state index in [0.29, 0.717) is 28.8 Å². The summed E-state index contributed by atoms with van der Waals surface area (Å²) in [4.78, 5) is 15.7. The summed E-state index contributed by atoms with van der Waals surface area (Å²) in [6.45, 7) is 4.09. The zero-order valence-electron chi connectivity index (χ0n) is 11.5. The number of carbonyl (C=O) groups is 1. The van der Waals surface area contributed by atoms with Gasteiger partial charge in [0.1, 0.15) is 21.4 Å². The van der Waals surface area contributed by atoms with E-state index in [4.69, 9.17) is 14.6 Å². The topological polar surface area (TPSA) is 68.7 Å². The predicted octanol–water partition coefficient (Wildman–Crippen LogP) is 3.22. The van der Waals surface area contributed by atoms with E-state index < -0.39 is 5.97 Å². The first kappa shape index (κ1) is 14.3. The lowest BCUT2D eigenvalue weighted by molar-refractivity contribution is 0.0701. The van der Waals surface area contributed by atoms with Crippen LogP contribution in [0.2, 0.25) is 0 Å². The van der Waals surface area contributed by atoms with Crippen LogP contribution in [0.15, 0.2) is 18.2 Å². The highest BCUT2D eigenvalue weighted by atomic mass is 32.1. The first-order chi connectivity index (χ1) is 9.56. The van der Waals surface area contributed by atoms with Crippen molar-refractivity contribution in [3.05, 3.63) is 28.8 Å². The number of hydrogen-bond donors (Lipinski definition) is 1. The van der Waals surface area contributed by atoms with Crippen molar-refractivity contribution in [2.45, 2.75) is 13.8 Å². The third kappa shape index (κ3) is 2.75. The van der Waals surface area contributed by atoms with Crippen molar-refractivity contribution in [1.82, 2.24) is 4.98 Å². The van der Waals surface area contributed by atoms with Gasteiger partial charge in [-0.3, -0.25) is 0 Å². The SMILES string of the molecule is CCOc1cc(OC)ccc1-c1nc(C)c(C(=O)O)s1. The van der Waals surface area contributed by atoms with Gasteiger partial charge in [-0.1, -0.05) is 0 Å². The van der Waals surface area contributed by atoms with Crippen molar-refractivity contribution in [1.29, 1.82) is 0 Å².